The number of nitrogens with zero attached hydrogens (tertiary/aromatic N) is 2. The first-order chi connectivity index (χ1) is 8.54. The number of likely N-dealkylation sites (N-methyl/N-ethyl adjacent to an activating group) is 1. The van der Waals surface area contributed by atoms with Crippen LogP contribution in [-0.2, 0) is 6.54 Å². The minimum absolute atomic E-state index is 0.684. The van der Waals surface area contributed by atoms with E-state index in [9.17, 15) is 0 Å². The number of benzene rings is 1. The van der Waals surface area contributed by atoms with Crippen molar-refractivity contribution >= 4 is 21.6 Å². The van der Waals surface area contributed by atoms with Crippen molar-refractivity contribution in [1.82, 2.24) is 9.80 Å². The zero-order valence-electron chi connectivity index (χ0n) is 11.2. The Hall–Kier alpha value is -0.580. The van der Waals surface area contributed by atoms with E-state index < -0.39 is 0 Å². The maximum atomic E-state index is 5.88. The monoisotopic (exact) mass is 311 g/mol. The summed E-state index contributed by atoms with van der Waals surface area (Å²) in [7, 11) is 4.34. The van der Waals surface area contributed by atoms with E-state index in [0.717, 1.165) is 23.2 Å². The van der Waals surface area contributed by atoms with Gasteiger partial charge in [-0.25, -0.2) is 0 Å². The van der Waals surface area contributed by atoms with Crippen molar-refractivity contribution in [2.45, 2.75) is 25.4 Å². The molecule has 0 spiro atoms. The van der Waals surface area contributed by atoms with E-state index in [1.807, 2.05) is 6.07 Å². The molecule has 1 aromatic carbocycles. The van der Waals surface area contributed by atoms with Crippen molar-refractivity contribution in [1.29, 1.82) is 0 Å². The number of nitrogens with two attached hydrogens (primary N) is 1. The molecule has 1 saturated heterocycles. The quantitative estimate of drug-likeness (QED) is 0.871. The molecule has 0 bridgehead atoms. The maximum Gasteiger partial charge on any atom is 0.0328 e. The fraction of sp³-hybridized carbons (Fsp3) is 0.571. The lowest BCUT2D eigenvalue weighted by atomic mass is 10.0. The number of rotatable bonds is 3. The number of hydrogen-bond acceptors (Lipinski definition) is 3. The second kappa shape index (κ2) is 6.04. The number of piperidine rings is 1. The van der Waals surface area contributed by atoms with Crippen molar-refractivity contribution in [2.75, 3.05) is 32.9 Å². The Labute approximate surface area is 118 Å². The van der Waals surface area contributed by atoms with E-state index in [0.29, 0.717) is 6.04 Å². The topological polar surface area (TPSA) is 32.5 Å². The molecule has 2 rings (SSSR count). The highest BCUT2D eigenvalue weighted by atomic mass is 79.9. The van der Waals surface area contributed by atoms with Crippen LogP contribution in [-0.4, -0.2) is 43.0 Å². The first kappa shape index (κ1) is 13.8. The highest BCUT2D eigenvalue weighted by Crippen LogP contribution is 2.21. The van der Waals surface area contributed by atoms with E-state index in [-0.39, 0.29) is 0 Å². The predicted molar refractivity (Wildman–Crippen MR) is 80.5 cm³/mol. The van der Waals surface area contributed by atoms with Crippen molar-refractivity contribution in [3.05, 3.63) is 28.2 Å². The fourth-order valence-corrected chi connectivity index (χ4v) is 3.18. The number of hydrogen-bond donors (Lipinski definition) is 1. The number of halogens is 1. The Morgan fingerprint density at radius 1 is 1.39 bits per heavy atom. The van der Waals surface area contributed by atoms with Gasteiger partial charge in [-0.1, -0.05) is 15.9 Å². The summed E-state index contributed by atoms with van der Waals surface area (Å²) in [4.78, 5) is 4.86. The summed E-state index contributed by atoms with van der Waals surface area (Å²) < 4.78 is 1.07. The Morgan fingerprint density at radius 3 is 2.83 bits per heavy atom. The Kier molecular flexibility index (Phi) is 4.65. The first-order valence-electron chi connectivity index (χ1n) is 6.48. The zero-order valence-corrected chi connectivity index (χ0v) is 12.8. The van der Waals surface area contributed by atoms with Crippen LogP contribution in [0, 0.1) is 0 Å². The smallest absolute Gasteiger partial charge is 0.0328 e. The van der Waals surface area contributed by atoms with Gasteiger partial charge in [0.25, 0.3) is 0 Å². The van der Waals surface area contributed by atoms with Crippen molar-refractivity contribution in [3.8, 4) is 0 Å². The van der Waals surface area contributed by atoms with E-state index in [1.165, 1.54) is 24.9 Å². The summed E-state index contributed by atoms with van der Waals surface area (Å²) in [6.07, 6.45) is 2.59. The summed E-state index contributed by atoms with van der Waals surface area (Å²) in [6.45, 7) is 3.34. The van der Waals surface area contributed by atoms with Crippen molar-refractivity contribution < 1.29 is 0 Å². The molecule has 1 aliphatic rings. The standard InChI is InChI=1S/C14H22BrN3/c1-17(2)14-4-3-5-18(10-14)9-11-6-12(15)8-13(16)7-11/h6-8,14H,3-5,9-10,16H2,1-2H3. The van der Waals surface area contributed by atoms with E-state index in [4.69, 9.17) is 5.73 Å². The van der Waals surface area contributed by atoms with Crippen LogP contribution in [0.1, 0.15) is 18.4 Å². The van der Waals surface area contributed by atoms with Crippen LogP contribution < -0.4 is 5.73 Å². The van der Waals surface area contributed by atoms with Gasteiger partial charge in [0.05, 0.1) is 0 Å². The van der Waals surface area contributed by atoms with Gasteiger partial charge in [-0.2, -0.15) is 0 Å². The average Bonchev–Trinajstić information content (AvgIpc) is 2.27. The minimum atomic E-state index is 0.684. The Morgan fingerprint density at radius 2 is 2.17 bits per heavy atom. The molecule has 1 heterocycles. The van der Waals surface area contributed by atoms with Gasteiger partial charge in [-0.3, -0.25) is 4.90 Å². The van der Waals surface area contributed by atoms with Crippen LogP contribution in [0.2, 0.25) is 0 Å². The molecule has 100 valence electrons. The molecule has 1 aromatic rings. The SMILES string of the molecule is CN(C)C1CCCN(Cc2cc(N)cc(Br)c2)C1. The molecule has 1 atom stereocenters. The normalized spacial score (nSPS) is 21.4. The summed E-state index contributed by atoms with van der Waals surface area (Å²) in [6, 6.07) is 6.87. The molecule has 3 nitrogen and oxygen atoms in total. The first-order valence-corrected chi connectivity index (χ1v) is 7.27. The predicted octanol–water partition coefficient (Wildman–Crippen LogP) is 2.56. The van der Waals surface area contributed by atoms with E-state index in [2.05, 4.69) is 52.0 Å². The number of anilines is 1. The minimum Gasteiger partial charge on any atom is -0.399 e. The summed E-state index contributed by atoms with van der Waals surface area (Å²) in [5, 5.41) is 0. The lowest BCUT2D eigenvalue weighted by Gasteiger charge is -2.36. The summed E-state index contributed by atoms with van der Waals surface area (Å²) in [5.74, 6) is 0. The second-order valence-electron chi connectivity index (χ2n) is 5.39. The number of nitrogen functional groups attached to an aromatic ring is 1. The molecular weight excluding hydrogens is 290 g/mol. The largest absolute Gasteiger partial charge is 0.399 e. The zero-order chi connectivity index (χ0) is 13.1. The molecule has 1 aliphatic heterocycles. The van der Waals surface area contributed by atoms with Crippen LogP contribution in [0.3, 0.4) is 0 Å². The van der Waals surface area contributed by atoms with Crippen LogP contribution in [0.4, 0.5) is 5.69 Å². The lowest BCUT2D eigenvalue weighted by Crippen LogP contribution is -2.44. The molecule has 0 radical (unpaired) electrons. The molecule has 1 unspecified atom stereocenters. The second-order valence-corrected chi connectivity index (χ2v) is 6.30. The third-order valence-electron chi connectivity index (χ3n) is 3.60. The third kappa shape index (κ3) is 3.70. The van der Waals surface area contributed by atoms with E-state index >= 15 is 0 Å². The van der Waals surface area contributed by atoms with Gasteiger partial charge in [-0.15, -0.1) is 0 Å². The third-order valence-corrected chi connectivity index (χ3v) is 4.05. The lowest BCUT2D eigenvalue weighted by molar-refractivity contribution is 0.128. The Balaban J connectivity index is 2.00. The highest BCUT2D eigenvalue weighted by Gasteiger charge is 2.21. The van der Waals surface area contributed by atoms with Crippen molar-refractivity contribution in [2.24, 2.45) is 0 Å². The van der Waals surface area contributed by atoms with Crippen LogP contribution >= 0.6 is 15.9 Å². The average molecular weight is 312 g/mol. The van der Waals surface area contributed by atoms with Crippen LogP contribution in [0.5, 0.6) is 0 Å². The van der Waals surface area contributed by atoms with E-state index in [1.54, 1.807) is 0 Å². The molecule has 1 fully saturated rings. The molecule has 18 heavy (non-hydrogen) atoms. The molecule has 4 heteroatoms. The van der Waals surface area contributed by atoms with Crippen molar-refractivity contribution in [3.63, 3.8) is 0 Å². The number of likely N-dealkylation sites (tertiary alicyclic amines) is 1. The van der Waals surface area contributed by atoms with Gasteiger partial charge < -0.3 is 10.6 Å². The molecule has 0 aromatic heterocycles. The summed E-state index contributed by atoms with van der Waals surface area (Å²) in [5.41, 5.74) is 8.01. The van der Waals surface area contributed by atoms with Gasteiger partial charge in [-0.05, 0) is 57.2 Å². The molecule has 0 aliphatic carbocycles. The van der Waals surface area contributed by atoms with Gasteiger partial charge >= 0.3 is 0 Å². The van der Waals surface area contributed by atoms with Crippen LogP contribution in [0.25, 0.3) is 0 Å². The maximum absolute atomic E-state index is 5.88. The molecule has 0 saturated carbocycles. The summed E-state index contributed by atoms with van der Waals surface area (Å²) >= 11 is 3.51. The van der Waals surface area contributed by atoms with Crippen LogP contribution in [0.15, 0.2) is 22.7 Å². The van der Waals surface area contributed by atoms with Gasteiger partial charge in [0.1, 0.15) is 0 Å². The Bertz CT molecular complexity index is 386. The molecule has 2 N–H and O–H groups in total. The molecule has 0 amide bonds. The molecular formula is C14H22BrN3. The highest BCUT2D eigenvalue weighted by molar-refractivity contribution is 9.10. The van der Waals surface area contributed by atoms with Gasteiger partial charge in [0.15, 0.2) is 0 Å². The van der Waals surface area contributed by atoms with Gasteiger partial charge in [0, 0.05) is 29.3 Å². The van der Waals surface area contributed by atoms with Gasteiger partial charge in [0.2, 0.25) is 0 Å². The fourth-order valence-electron chi connectivity index (χ4n) is 2.62.